The first kappa shape index (κ1) is 14.0. The second kappa shape index (κ2) is 6.64. The van der Waals surface area contributed by atoms with E-state index in [0.29, 0.717) is 15.5 Å². The van der Waals surface area contributed by atoms with Gasteiger partial charge in [-0.05, 0) is 12.1 Å². The van der Waals surface area contributed by atoms with E-state index in [-0.39, 0.29) is 18.0 Å². The number of Topliss-reactive ketones (excluding diaryl/α,β-unsaturated/α-hetero) is 1. The predicted octanol–water partition coefficient (Wildman–Crippen LogP) is 3.72. The third-order valence-electron chi connectivity index (χ3n) is 2.69. The number of hydrogen-bond acceptors (Lipinski definition) is 2. The zero-order valence-corrected chi connectivity index (χ0v) is 11.8. The Morgan fingerprint density at radius 2 is 1.63 bits per heavy atom. The Kier molecular flexibility index (Phi) is 4.88. The number of ketones is 1. The molecule has 0 saturated carbocycles. The zero-order chi connectivity index (χ0) is 13.7. The van der Waals surface area contributed by atoms with Crippen molar-refractivity contribution in [3.63, 3.8) is 0 Å². The average molecular weight is 293 g/mol. The molecule has 4 heteroatoms. The van der Waals surface area contributed by atoms with Gasteiger partial charge in [0.05, 0.1) is 20.7 Å². The molecule has 0 spiro atoms. The molecule has 0 saturated heterocycles. The van der Waals surface area contributed by atoms with E-state index in [9.17, 15) is 9.00 Å². The van der Waals surface area contributed by atoms with E-state index in [0.717, 1.165) is 0 Å². The Balaban J connectivity index is 1.98. The van der Waals surface area contributed by atoms with Gasteiger partial charge in [0.2, 0.25) is 0 Å². The smallest absolute Gasteiger partial charge is 0.163 e. The van der Waals surface area contributed by atoms with Crippen molar-refractivity contribution in [3.05, 3.63) is 65.2 Å². The van der Waals surface area contributed by atoms with Gasteiger partial charge in [-0.15, -0.1) is 0 Å². The van der Waals surface area contributed by atoms with Crippen LogP contribution in [0.15, 0.2) is 59.5 Å². The highest BCUT2D eigenvalue weighted by Gasteiger charge is 2.11. The fraction of sp³-hybridized carbons (Fsp3) is 0.133. The predicted molar refractivity (Wildman–Crippen MR) is 78.1 cm³/mol. The normalized spacial score (nSPS) is 12.1. The Morgan fingerprint density at radius 3 is 2.32 bits per heavy atom. The van der Waals surface area contributed by atoms with Gasteiger partial charge < -0.3 is 0 Å². The van der Waals surface area contributed by atoms with Gasteiger partial charge in [-0.25, -0.2) is 0 Å². The van der Waals surface area contributed by atoms with Crippen LogP contribution in [0.5, 0.6) is 0 Å². The maximum absolute atomic E-state index is 12.1. The SMILES string of the molecule is O=C(CCS(=O)c1ccccc1Cl)c1ccccc1. The molecule has 0 aliphatic carbocycles. The summed E-state index contributed by atoms with van der Waals surface area (Å²) in [5.41, 5.74) is 0.652. The van der Waals surface area contributed by atoms with Gasteiger partial charge in [0, 0.05) is 17.7 Å². The summed E-state index contributed by atoms with van der Waals surface area (Å²) in [4.78, 5) is 12.5. The number of carbonyl (C=O) groups excluding carboxylic acids is 1. The molecule has 0 aliphatic rings. The lowest BCUT2D eigenvalue weighted by molar-refractivity contribution is 0.0989. The molecule has 0 fully saturated rings. The summed E-state index contributed by atoms with van der Waals surface area (Å²) in [5.74, 6) is 0.290. The third-order valence-corrected chi connectivity index (χ3v) is 4.56. The lowest BCUT2D eigenvalue weighted by Gasteiger charge is -2.04. The standard InChI is InChI=1S/C15H13ClO2S/c16-13-8-4-5-9-15(13)19(18)11-10-14(17)12-6-2-1-3-7-12/h1-9H,10-11H2. The number of halogens is 1. The molecule has 2 rings (SSSR count). The van der Waals surface area contributed by atoms with E-state index in [1.807, 2.05) is 18.2 Å². The van der Waals surface area contributed by atoms with Crippen molar-refractivity contribution >= 4 is 28.2 Å². The van der Waals surface area contributed by atoms with E-state index in [4.69, 9.17) is 11.6 Å². The van der Waals surface area contributed by atoms with Crippen molar-refractivity contribution < 1.29 is 9.00 Å². The molecule has 0 amide bonds. The van der Waals surface area contributed by atoms with E-state index < -0.39 is 10.8 Å². The van der Waals surface area contributed by atoms with Gasteiger partial charge in [-0.2, -0.15) is 0 Å². The Labute approximate surface area is 119 Å². The van der Waals surface area contributed by atoms with E-state index in [1.165, 1.54) is 0 Å². The highest BCUT2D eigenvalue weighted by molar-refractivity contribution is 7.85. The summed E-state index contributed by atoms with van der Waals surface area (Å²) < 4.78 is 12.1. The molecule has 98 valence electrons. The van der Waals surface area contributed by atoms with Crippen molar-refractivity contribution in [2.45, 2.75) is 11.3 Å². The van der Waals surface area contributed by atoms with Crippen LogP contribution in [-0.4, -0.2) is 15.7 Å². The number of rotatable bonds is 5. The topological polar surface area (TPSA) is 34.1 Å². The van der Waals surface area contributed by atoms with Crippen LogP contribution in [0, 0.1) is 0 Å². The molecule has 1 unspecified atom stereocenters. The fourth-order valence-electron chi connectivity index (χ4n) is 1.69. The van der Waals surface area contributed by atoms with Crippen molar-refractivity contribution in [2.75, 3.05) is 5.75 Å². The quantitative estimate of drug-likeness (QED) is 0.787. The molecule has 0 aromatic heterocycles. The second-order valence-electron chi connectivity index (χ2n) is 4.02. The second-order valence-corrected chi connectivity index (χ2v) is 5.97. The van der Waals surface area contributed by atoms with Gasteiger partial charge in [0.1, 0.15) is 0 Å². The zero-order valence-electron chi connectivity index (χ0n) is 10.2. The number of benzene rings is 2. The molecule has 0 N–H and O–H groups in total. The van der Waals surface area contributed by atoms with Crippen LogP contribution in [0.3, 0.4) is 0 Å². The summed E-state index contributed by atoms with van der Waals surface area (Å²) in [6.07, 6.45) is 0.252. The first-order chi connectivity index (χ1) is 9.18. The fourth-order valence-corrected chi connectivity index (χ4v) is 3.19. The molecule has 1 atom stereocenters. The van der Waals surface area contributed by atoms with Crippen molar-refractivity contribution in [1.29, 1.82) is 0 Å². The van der Waals surface area contributed by atoms with Crippen LogP contribution < -0.4 is 0 Å². The van der Waals surface area contributed by atoms with Crippen molar-refractivity contribution in [2.24, 2.45) is 0 Å². The Bertz CT molecular complexity index is 596. The molecule has 19 heavy (non-hydrogen) atoms. The van der Waals surface area contributed by atoms with Crippen LogP contribution in [0.2, 0.25) is 5.02 Å². The molecule has 0 aliphatic heterocycles. The highest BCUT2D eigenvalue weighted by Crippen LogP contribution is 2.19. The van der Waals surface area contributed by atoms with Crippen LogP contribution in [0.1, 0.15) is 16.8 Å². The summed E-state index contributed by atoms with van der Waals surface area (Å²) in [5, 5.41) is 0.480. The van der Waals surface area contributed by atoms with Gasteiger partial charge in [0.15, 0.2) is 5.78 Å². The minimum Gasteiger partial charge on any atom is -0.294 e. The summed E-state index contributed by atoms with van der Waals surface area (Å²) in [7, 11) is -1.24. The number of hydrogen-bond donors (Lipinski definition) is 0. The summed E-state index contributed by atoms with van der Waals surface area (Å²) in [6.45, 7) is 0. The van der Waals surface area contributed by atoms with Crippen LogP contribution in [0.25, 0.3) is 0 Å². The van der Waals surface area contributed by atoms with E-state index in [2.05, 4.69) is 0 Å². The van der Waals surface area contributed by atoms with Crippen LogP contribution in [-0.2, 0) is 10.8 Å². The van der Waals surface area contributed by atoms with Crippen molar-refractivity contribution in [1.82, 2.24) is 0 Å². The lowest BCUT2D eigenvalue weighted by Crippen LogP contribution is -2.06. The molecule has 2 nitrogen and oxygen atoms in total. The molecule has 0 radical (unpaired) electrons. The average Bonchev–Trinajstić information content (AvgIpc) is 2.46. The first-order valence-electron chi connectivity index (χ1n) is 5.89. The van der Waals surface area contributed by atoms with Crippen LogP contribution in [0.4, 0.5) is 0 Å². The number of carbonyl (C=O) groups is 1. The Morgan fingerprint density at radius 1 is 1.00 bits per heavy atom. The molecule has 2 aromatic carbocycles. The third kappa shape index (κ3) is 3.75. The largest absolute Gasteiger partial charge is 0.294 e. The minimum atomic E-state index is -1.24. The lowest BCUT2D eigenvalue weighted by atomic mass is 10.1. The van der Waals surface area contributed by atoms with Gasteiger partial charge in [0.25, 0.3) is 0 Å². The maximum Gasteiger partial charge on any atom is 0.163 e. The molecular weight excluding hydrogens is 280 g/mol. The maximum atomic E-state index is 12.1. The summed E-state index contributed by atoms with van der Waals surface area (Å²) >= 11 is 5.97. The van der Waals surface area contributed by atoms with Gasteiger partial charge in [-0.1, -0.05) is 54.1 Å². The first-order valence-corrected chi connectivity index (χ1v) is 7.59. The monoisotopic (exact) mass is 292 g/mol. The van der Waals surface area contributed by atoms with Crippen LogP contribution >= 0.6 is 11.6 Å². The molecule has 2 aromatic rings. The van der Waals surface area contributed by atoms with Crippen molar-refractivity contribution in [3.8, 4) is 0 Å². The van der Waals surface area contributed by atoms with E-state index >= 15 is 0 Å². The van der Waals surface area contributed by atoms with Gasteiger partial charge >= 0.3 is 0 Å². The molecule has 0 heterocycles. The minimum absolute atomic E-state index is 0.000929. The molecule has 0 bridgehead atoms. The Hall–Kier alpha value is -1.45. The summed E-state index contributed by atoms with van der Waals surface area (Å²) in [6, 6.07) is 16.0. The van der Waals surface area contributed by atoms with E-state index in [1.54, 1.807) is 36.4 Å². The van der Waals surface area contributed by atoms with Gasteiger partial charge in [-0.3, -0.25) is 9.00 Å². The highest BCUT2D eigenvalue weighted by atomic mass is 35.5. The molecular formula is C15H13ClO2S.